The second kappa shape index (κ2) is 22.2. The van der Waals surface area contributed by atoms with Gasteiger partial charge in [-0.3, -0.25) is 28.8 Å². The molecule has 2 aromatic rings. The van der Waals surface area contributed by atoms with Crippen LogP contribution < -0.4 is 49.4 Å². The molecule has 61 heavy (non-hydrogen) atoms. The number of allylic oxidation sites excluding steroid dienone is 4. The number of amides is 6. The number of carboxylic acid groups (broad SMARTS) is 1. The Labute approximate surface area is 357 Å². The van der Waals surface area contributed by atoms with Crippen molar-refractivity contribution >= 4 is 68.7 Å². The van der Waals surface area contributed by atoms with Crippen LogP contribution in [0.2, 0.25) is 0 Å². The molecule has 1 saturated heterocycles. The number of hydrogen-bond acceptors (Lipinski definition) is 13. The molecule has 1 aliphatic heterocycles. The number of primary amides is 1. The summed E-state index contributed by atoms with van der Waals surface area (Å²) in [6.07, 6.45) is 6.34. The molecule has 332 valence electrons. The highest BCUT2D eigenvalue weighted by molar-refractivity contribution is 8.76. The lowest BCUT2D eigenvalue weighted by molar-refractivity contribution is -0.141. The summed E-state index contributed by atoms with van der Waals surface area (Å²) < 4.78 is 1.76. The minimum Gasteiger partial charge on any atom is -0.506 e. The molecular weight excluding hydrogens is 837 g/mol. The number of aromatic nitrogens is 3. The Morgan fingerprint density at radius 2 is 1.52 bits per heavy atom. The molecule has 4 rings (SSSR count). The van der Waals surface area contributed by atoms with Crippen LogP contribution in [-0.2, 0) is 40.0 Å². The molecule has 1 aromatic heterocycles. The van der Waals surface area contributed by atoms with Crippen LogP contribution in [0.15, 0.2) is 46.0 Å². The first-order chi connectivity index (χ1) is 28.9. The van der Waals surface area contributed by atoms with Crippen molar-refractivity contribution in [3.63, 3.8) is 0 Å². The Morgan fingerprint density at radius 1 is 0.869 bits per heavy atom. The third-order valence-electron chi connectivity index (χ3n) is 9.94. The number of rotatable bonds is 11. The van der Waals surface area contributed by atoms with Crippen molar-refractivity contribution in [2.24, 2.45) is 17.4 Å². The van der Waals surface area contributed by atoms with Crippen LogP contribution in [0.1, 0.15) is 64.9 Å². The highest BCUT2D eigenvalue weighted by Gasteiger charge is 2.35. The van der Waals surface area contributed by atoms with Crippen LogP contribution >= 0.6 is 21.6 Å². The second-order valence-corrected chi connectivity index (χ2v) is 17.1. The molecule has 12 N–H and O–H groups in total. The van der Waals surface area contributed by atoms with Gasteiger partial charge in [0.2, 0.25) is 35.4 Å². The number of hydrogen-bond donors (Lipinski definition) is 10. The number of carbonyl (C=O) groups excluding carboxylic acids is 6. The van der Waals surface area contributed by atoms with Gasteiger partial charge in [-0.15, -0.1) is 0 Å². The molecule has 0 radical (unpaired) electrons. The largest absolute Gasteiger partial charge is 0.506 e. The topological polar surface area (TPSA) is 332 Å². The van der Waals surface area contributed by atoms with Crippen molar-refractivity contribution < 1.29 is 43.8 Å². The van der Waals surface area contributed by atoms with Gasteiger partial charge in [-0.2, -0.15) is 4.68 Å². The van der Waals surface area contributed by atoms with E-state index in [-0.39, 0.29) is 30.0 Å². The Kier molecular flexibility index (Phi) is 17.4. The van der Waals surface area contributed by atoms with E-state index in [9.17, 15) is 53.4 Å². The first-order valence-electron chi connectivity index (χ1n) is 19.6. The number of aromatic hydroxyl groups is 1. The van der Waals surface area contributed by atoms with Gasteiger partial charge in [-0.1, -0.05) is 73.4 Å². The molecule has 0 saturated carbocycles. The number of carboxylic acids is 1. The summed E-state index contributed by atoms with van der Waals surface area (Å²) in [5, 5.41) is 35.7. The summed E-state index contributed by atoms with van der Waals surface area (Å²) in [6, 6.07) is -4.32. The van der Waals surface area contributed by atoms with Crippen molar-refractivity contribution in [3.8, 4) is 11.4 Å². The van der Waals surface area contributed by atoms with Crippen LogP contribution in [0.4, 0.5) is 0 Å². The zero-order valence-corrected chi connectivity index (χ0v) is 35.4. The van der Waals surface area contributed by atoms with Gasteiger partial charge >= 0.3 is 17.3 Å². The van der Waals surface area contributed by atoms with Gasteiger partial charge in [0.15, 0.2) is 0 Å². The van der Waals surface area contributed by atoms with Gasteiger partial charge in [0.25, 0.3) is 0 Å². The van der Waals surface area contributed by atoms with E-state index in [1.807, 2.05) is 6.08 Å². The molecular formula is C38H52N10O11S2. The van der Waals surface area contributed by atoms with E-state index < -0.39 is 107 Å². The quantitative estimate of drug-likeness (QED) is 0.118. The summed E-state index contributed by atoms with van der Waals surface area (Å²) in [5.41, 5.74) is 10.5. The number of H-pyrrole nitrogens is 1. The number of phenolic OH excluding ortho intramolecular Hbond substituents is 1. The van der Waals surface area contributed by atoms with Crippen molar-refractivity contribution in [3.05, 3.63) is 63.0 Å². The predicted octanol–water partition coefficient (Wildman–Crippen LogP) is -1.28. The molecule has 21 nitrogen and oxygen atoms in total. The number of benzene rings is 1. The maximum absolute atomic E-state index is 14.2. The van der Waals surface area contributed by atoms with Gasteiger partial charge in [0.1, 0.15) is 41.6 Å². The Balaban J connectivity index is 1.72. The standard InChI is InChI=1S/C38H52N10O11S2/c1-4-9-23-32(52)43-25(16-29(40)50)33(53)44-26(36(56)57)18-61-60-17-22(39)31(51)42-24(34(54)45-30(19(3)5-2)35(55)41-23)14-20-12-13-28(49)27(15-20)48-38(59)47(37(58)46-48)21-10-7-6-8-11-21/h7,10-13,15,19,22-26,30,49H,4-6,8-9,14,16-18,39H2,1-3H3,(H2,40,50)(H,41,55)(H,42,51)(H,43,52)(H,44,53)(H,45,54)(H,46,58)(H,56,57). The molecule has 1 aliphatic carbocycles. The summed E-state index contributed by atoms with van der Waals surface area (Å²) in [7, 11) is 1.97. The van der Waals surface area contributed by atoms with Gasteiger partial charge in [-0.25, -0.2) is 24.0 Å². The monoisotopic (exact) mass is 888 g/mol. The number of phenols is 1. The van der Waals surface area contributed by atoms with Crippen LogP contribution in [-0.4, -0.2) is 114 Å². The fraction of sp³-hybridized carbons (Fsp3) is 0.500. The normalized spacial score (nSPS) is 24.3. The maximum Gasteiger partial charge on any atom is 0.356 e. The van der Waals surface area contributed by atoms with Crippen molar-refractivity contribution in [1.29, 1.82) is 0 Å². The van der Waals surface area contributed by atoms with Crippen molar-refractivity contribution in [2.75, 3.05) is 11.5 Å². The Bertz CT molecular complexity index is 2170. The van der Waals surface area contributed by atoms with E-state index in [0.717, 1.165) is 37.3 Å². The van der Waals surface area contributed by atoms with Gasteiger partial charge < -0.3 is 48.3 Å². The fourth-order valence-electron chi connectivity index (χ4n) is 6.35. The molecule has 1 fully saturated rings. The van der Waals surface area contributed by atoms with Gasteiger partial charge in [0, 0.05) is 17.9 Å². The van der Waals surface area contributed by atoms with E-state index in [2.05, 4.69) is 31.7 Å². The lowest BCUT2D eigenvalue weighted by Gasteiger charge is -2.29. The summed E-state index contributed by atoms with van der Waals surface area (Å²) in [4.78, 5) is 119. The predicted molar refractivity (Wildman–Crippen MR) is 227 cm³/mol. The third-order valence-corrected chi connectivity index (χ3v) is 12.4. The molecule has 0 spiro atoms. The minimum atomic E-state index is -1.60. The molecule has 2 heterocycles. The molecule has 7 unspecified atom stereocenters. The van der Waals surface area contributed by atoms with Crippen molar-refractivity contribution in [1.82, 2.24) is 40.9 Å². The number of carbonyl (C=O) groups is 7. The summed E-state index contributed by atoms with van der Waals surface area (Å²) >= 11 is 0. The number of nitrogens with zero attached hydrogens (tertiary/aromatic N) is 2. The first-order valence-corrected chi connectivity index (χ1v) is 22.1. The second-order valence-electron chi connectivity index (χ2n) is 14.6. The third kappa shape index (κ3) is 12.8. The van der Waals surface area contributed by atoms with E-state index in [0.29, 0.717) is 30.5 Å². The van der Waals surface area contributed by atoms with Gasteiger partial charge in [0.05, 0.1) is 18.2 Å². The smallest absolute Gasteiger partial charge is 0.356 e. The average Bonchev–Trinajstić information content (AvgIpc) is 3.52. The van der Waals surface area contributed by atoms with Crippen LogP contribution in [0.3, 0.4) is 0 Å². The lowest BCUT2D eigenvalue weighted by Crippen LogP contribution is -2.61. The molecule has 0 bridgehead atoms. The molecule has 6 amide bonds. The van der Waals surface area contributed by atoms with E-state index in [1.165, 1.54) is 18.2 Å². The number of aromatic amines is 1. The number of nitrogens with one attached hydrogen (secondary N) is 6. The first kappa shape index (κ1) is 47.9. The SMILES string of the molecule is CCCC1NC(=O)C(C(C)CC)NC(=O)C(Cc2ccc(O)c(-n3[nH]c(=O)n(C4=CCCC=C4)c3=O)c2)NC(=O)C(N)CSSCC(C(=O)O)NC(=O)C(CC(N)=O)NC1=O. The van der Waals surface area contributed by atoms with E-state index in [1.54, 1.807) is 32.9 Å². The summed E-state index contributed by atoms with van der Waals surface area (Å²) in [6.45, 7) is 5.17. The Hall–Kier alpha value is -5.81. The van der Waals surface area contributed by atoms with E-state index in [4.69, 9.17) is 11.5 Å². The van der Waals surface area contributed by atoms with Crippen molar-refractivity contribution in [2.45, 2.75) is 102 Å². The highest BCUT2D eigenvalue weighted by Crippen LogP contribution is 2.24. The van der Waals surface area contributed by atoms with Crippen LogP contribution in [0.5, 0.6) is 5.75 Å². The highest BCUT2D eigenvalue weighted by atomic mass is 33.1. The molecule has 1 aromatic carbocycles. The Morgan fingerprint density at radius 3 is 2.16 bits per heavy atom. The van der Waals surface area contributed by atoms with Crippen LogP contribution in [0, 0.1) is 5.92 Å². The average molecular weight is 889 g/mol. The van der Waals surface area contributed by atoms with Crippen LogP contribution in [0.25, 0.3) is 11.4 Å². The zero-order chi connectivity index (χ0) is 45.0. The number of nitrogens with two attached hydrogens (primary N) is 2. The summed E-state index contributed by atoms with van der Waals surface area (Å²) in [5.74, 6) is -7.96. The fourth-order valence-corrected chi connectivity index (χ4v) is 8.63. The zero-order valence-electron chi connectivity index (χ0n) is 33.8. The molecule has 2 aliphatic rings. The maximum atomic E-state index is 14.2. The minimum absolute atomic E-state index is 0.0566. The van der Waals surface area contributed by atoms with E-state index >= 15 is 0 Å². The molecule has 23 heteroatoms. The van der Waals surface area contributed by atoms with Gasteiger partial charge in [-0.05, 0) is 49.0 Å². The molecule has 7 atom stereocenters. The number of aliphatic carboxylic acids is 1. The lowest BCUT2D eigenvalue weighted by atomic mass is 9.96.